The Kier molecular flexibility index (Phi) is 4.87. The standard InChI is InChI=1S/C14H18FN3O2S/c1-14(2,9-3-5-10(15)6-4-9)8-16-13-17-12(18-21-13)11(20)7-19/h3-6,11,19-20H,7-8H2,1-2H3,(H,16,17,18). The van der Waals surface area contributed by atoms with Gasteiger partial charge in [-0.05, 0) is 17.7 Å². The van der Waals surface area contributed by atoms with E-state index in [1.165, 1.54) is 12.1 Å². The fraction of sp³-hybridized carbons (Fsp3) is 0.429. The summed E-state index contributed by atoms with van der Waals surface area (Å²) in [7, 11) is 0. The quantitative estimate of drug-likeness (QED) is 0.761. The maximum atomic E-state index is 13.0. The first-order valence-electron chi connectivity index (χ1n) is 6.55. The van der Waals surface area contributed by atoms with Gasteiger partial charge in [-0.15, -0.1) is 0 Å². The van der Waals surface area contributed by atoms with Crippen LogP contribution in [0.5, 0.6) is 0 Å². The van der Waals surface area contributed by atoms with Gasteiger partial charge in [0, 0.05) is 23.5 Å². The van der Waals surface area contributed by atoms with Gasteiger partial charge in [0.05, 0.1) is 6.61 Å². The smallest absolute Gasteiger partial charge is 0.202 e. The lowest BCUT2D eigenvalue weighted by Gasteiger charge is -2.25. The topological polar surface area (TPSA) is 78.3 Å². The molecule has 1 atom stereocenters. The van der Waals surface area contributed by atoms with E-state index in [0.29, 0.717) is 11.7 Å². The summed E-state index contributed by atoms with van der Waals surface area (Å²) in [5.41, 5.74) is 0.798. The molecule has 0 aliphatic carbocycles. The lowest BCUT2D eigenvalue weighted by atomic mass is 9.85. The molecular formula is C14H18FN3O2S. The summed E-state index contributed by atoms with van der Waals surface area (Å²) in [6, 6.07) is 6.41. The number of aliphatic hydroxyl groups excluding tert-OH is 2. The first kappa shape index (κ1) is 15.8. The fourth-order valence-corrected chi connectivity index (χ4v) is 2.44. The number of anilines is 1. The average molecular weight is 311 g/mol. The molecule has 1 unspecified atom stereocenters. The van der Waals surface area contributed by atoms with Crippen molar-refractivity contribution in [2.24, 2.45) is 0 Å². The fourth-order valence-electron chi connectivity index (χ4n) is 1.82. The van der Waals surface area contributed by atoms with Crippen molar-refractivity contribution in [1.29, 1.82) is 0 Å². The number of nitrogens with zero attached hydrogens (tertiary/aromatic N) is 2. The number of rotatable bonds is 6. The van der Waals surface area contributed by atoms with Crippen molar-refractivity contribution in [1.82, 2.24) is 9.36 Å². The zero-order valence-corrected chi connectivity index (χ0v) is 12.7. The molecule has 0 saturated heterocycles. The Morgan fingerprint density at radius 2 is 2.00 bits per heavy atom. The van der Waals surface area contributed by atoms with Crippen LogP contribution in [0.3, 0.4) is 0 Å². The number of benzene rings is 1. The van der Waals surface area contributed by atoms with Gasteiger partial charge in [0.25, 0.3) is 0 Å². The summed E-state index contributed by atoms with van der Waals surface area (Å²) in [4.78, 5) is 4.12. The molecule has 0 spiro atoms. The van der Waals surface area contributed by atoms with E-state index in [-0.39, 0.29) is 17.1 Å². The number of nitrogens with one attached hydrogen (secondary N) is 1. The zero-order valence-electron chi connectivity index (χ0n) is 11.9. The van der Waals surface area contributed by atoms with Crippen LogP contribution in [0.15, 0.2) is 24.3 Å². The van der Waals surface area contributed by atoms with Gasteiger partial charge in [-0.25, -0.2) is 9.37 Å². The van der Waals surface area contributed by atoms with Gasteiger partial charge in [-0.2, -0.15) is 4.37 Å². The SMILES string of the molecule is CC(C)(CNc1nc(C(O)CO)ns1)c1ccc(F)cc1. The van der Waals surface area contributed by atoms with Gasteiger partial charge >= 0.3 is 0 Å². The minimum absolute atomic E-state index is 0.213. The monoisotopic (exact) mass is 311 g/mol. The van der Waals surface area contributed by atoms with E-state index < -0.39 is 12.7 Å². The number of halogens is 1. The Hall–Kier alpha value is -1.57. The molecule has 114 valence electrons. The third-order valence-corrected chi connectivity index (χ3v) is 3.91. The first-order valence-corrected chi connectivity index (χ1v) is 7.32. The van der Waals surface area contributed by atoms with E-state index in [1.54, 1.807) is 12.1 Å². The van der Waals surface area contributed by atoms with E-state index in [0.717, 1.165) is 17.1 Å². The highest BCUT2D eigenvalue weighted by Gasteiger charge is 2.21. The third kappa shape index (κ3) is 3.96. The van der Waals surface area contributed by atoms with Gasteiger partial charge in [0.2, 0.25) is 5.13 Å². The summed E-state index contributed by atoms with van der Waals surface area (Å²) in [5, 5.41) is 22.0. The Balaban J connectivity index is 2.01. The van der Waals surface area contributed by atoms with E-state index in [9.17, 15) is 9.50 Å². The molecule has 0 fully saturated rings. The van der Waals surface area contributed by atoms with Crippen molar-refractivity contribution >= 4 is 16.7 Å². The highest BCUT2D eigenvalue weighted by atomic mass is 32.1. The molecular weight excluding hydrogens is 293 g/mol. The molecule has 0 bridgehead atoms. The lowest BCUT2D eigenvalue weighted by Crippen LogP contribution is -2.27. The average Bonchev–Trinajstić information content (AvgIpc) is 2.94. The van der Waals surface area contributed by atoms with Gasteiger partial charge < -0.3 is 15.5 Å². The molecule has 0 aliphatic rings. The van der Waals surface area contributed by atoms with Crippen molar-refractivity contribution in [2.45, 2.75) is 25.4 Å². The first-order chi connectivity index (χ1) is 9.92. The molecule has 7 heteroatoms. The van der Waals surface area contributed by atoms with Crippen LogP contribution in [-0.2, 0) is 5.41 Å². The van der Waals surface area contributed by atoms with E-state index in [4.69, 9.17) is 5.11 Å². The number of hydrogen-bond acceptors (Lipinski definition) is 6. The number of aromatic nitrogens is 2. The van der Waals surface area contributed by atoms with Crippen molar-refractivity contribution in [2.75, 3.05) is 18.5 Å². The number of hydrogen-bond donors (Lipinski definition) is 3. The second kappa shape index (κ2) is 6.46. The summed E-state index contributed by atoms with van der Waals surface area (Å²) in [5.74, 6) is -0.0427. The lowest BCUT2D eigenvalue weighted by molar-refractivity contribution is 0.0897. The Labute approximate surface area is 126 Å². The van der Waals surface area contributed by atoms with Crippen molar-refractivity contribution in [3.63, 3.8) is 0 Å². The van der Waals surface area contributed by atoms with Crippen LogP contribution in [0.25, 0.3) is 0 Å². The highest BCUT2D eigenvalue weighted by Crippen LogP contribution is 2.25. The second-order valence-corrected chi connectivity index (χ2v) is 6.15. The molecule has 3 N–H and O–H groups in total. The predicted molar refractivity (Wildman–Crippen MR) is 79.9 cm³/mol. The minimum atomic E-state index is -1.05. The second-order valence-electron chi connectivity index (χ2n) is 5.40. The summed E-state index contributed by atoms with van der Waals surface area (Å²) < 4.78 is 16.9. The van der Waals surface area contributed by atoms with Crippen LogP contribution < -0.4 is 5.32 Å². The van der Waals surface area contributed by atoms with Crippen LogP contribution in [0.4, 0.5) is 9.52 Å². The highest BCUT2D eigenvalue weighted by molar-refractivity contribution is 7.09. The Morgan fingerprint density at radius 3 is 2.62 bits per heavy atom. The van der Waals surface area contributed by atoms with Crippen molar-refractivity contribution in [3.8, 4) is 0 Å². The van der Waals surface area contributed by atoms with Gasteiger partial charge in [0.15, 0.2) is 5.82 Å². The molecule has 21 heavy (non-hydrogen) atoms. The summed E-state index contributed by atoms with van der Waals surface area (Å²) in [6.45, 7) is 4.26. The van der Waals surface area contributed by atoms with E-state index in [2.05, 4.69) is 14.7 Å². The molecule has 2 aromatic rings. The Morgan fingerprint density at radius 1 is 1.33 bits per heavy atom. The molecule has 1 aromatic carbocycles. The van der Waals surface area contributed by atoms with Crippen molar-refractivity contribution in [3.05, 3.63) is 41.5 Å². The maximum Gasteiger partial charge on any atom is 0.202 e. The van der Waals surface area contributed by atoms with Gasteiger partial charge in [-0.3, -0.25) is 0 Å². The normalized spacial score (nSPS) is 13.2. The molecule has 1 aromatic heterocycles. The number of aliphatic hydroxyl groups is 2. The molecule has 0 aliphatic heterocycles. The van der Waals surface area contributed by atoms with Crippen molar-refractivity contribution < 1.29 is 14.6 Å². The molecule has 5 nitrogen and oxygen atoms in total. The molecule has 0 radical (unpaired) electrons. The van der Waals surface area contributed by atoms with E-state index >= 15 is 0 Å². The maximum absolute atomic E-state index is 13.0. The van der Waals surface area contributed by atoms with E-state index in [1.807, 2.05) is 13.8 Å². The zero-order chi connectivity index (χ0) is 15.5. The van der Waals surface area contributed by atoms with Crippen LogP contribution in [0.2, 0.25) is 0 Å². The van der Waals surface area contributed by atoms with Gasteiger partial charge in [0.1, 0.15) is 11.9 Å². The van der Waals surface area contributed by atoms with Gasteiger partial charge in [-0.1, -0.05) is 26.0 Å². The molecule has 0 amide bonds. The van der Waals surface area contributed by atoms with Crippen LogP contribution in [-0.4, -0.2) is 32.7 Å². The molecule has 1 heterocycles. The minimum Gasteiger partial charge on any atom is -0.393 e. The molecule has 0 saturated carbocycles. The predicted octanol–water partition coefficient (Wildman–Crippen LogP) is 2.09. The third-order valence-electron chi connectivity index (χ3n) is 3.22. The van der Waals surface area contributed by atoms with Crippen LogP contribution >= 0.6 is 11.5 Å². The largest absolute Gasteiger partial charge is 0.393 e. The summed E-state index contributed by atoms with van der Waals surface area (Å²) in [6.07, 6.45) is -1.05. The van der Waals surface area contributed by atoms with Crippen LogP contribution in [0.1, 0.15) is 31.3 Å². The van der Waals surface area contributed by atoms with Crippen LogP contribution in [0, 0.1) is 5.82 Å². The summed E-state index contributed by atoms with van der Waals surface area (Å²) >= 11 is 1.13. The molecule has 2 rings (SSSR count). The Bertz CT molecular complexity index is 586.